The summed E-state index contributed by atoms with van der Waals surface area (Å²) in [5, 5.41) is 10.4. The van der Waals surface area contributed by atoms with E-state index < -0.39 is 6.23 Å². The van der Waals surface area contributed by atoms with Crippen LogP contribution >= 0.6 is 0 Å². The lowest BCUT2D eigenvalue weighted by atomic mass is 9.94. The summed E-state index contributed by atoms with van der Waals surface area (Å²) < 4.78 is 0. The first kappa shape index (κ1) is 18.9. The van der Waals surface area contributed by atoms with Gasteiger partial charge >= 0.3 is 0 Å². The zero-order valence-corrected chi connectivity index (χ0v) is 16.4. The van der Waals surface area contributed by atoms with E-state index in [1.54, 1.807) is 4.90 Å². The Morgan fingerprint density at radius 2 is 1.63 bits per heavy atom. The van der Waals surface area contributed by atoms with Crippen molar-refractivity contribution in [3.05, 3.63) is 35.4 Å². The van der Waals surface area contributed by atoms with Crippen LogP contribution in [0.4, 0.5) is 0 Å². The second-order valence-corrected chi connectivity index (χ2v) is 8.34. The molecular formula is C22H33N3O2. The minimum atomic E-state index is -0.771. The topological polar surface area (TPSA) is 47.0 Å². The number of carbonyl (C=O) groups excluding carboxylic acids is 1. The molecule has 2 heterocycles. The van der Waals surface area contributed by atoms with E-state index in [-0.39, 0.29) is 5.91 Å². The van der Waals surface area contributed by atoms with Gasteiger partial charge in [0.1, 0.15) is 0 Å². The Kier molecular flexibility index (Phi) is 6.11. The lowest BCUT2D eigenvalue weighted by molar-refractivity contribution is 0.0164. The predicted octanol–water partition coefficient (Wildman–Crippen LogP) is 2.86. The number of piperazine rings is 1. The average Bonchev–Trinajstić information content (AvgIpc) is 2.97. The van der Waals surface area contributed by atoms with Crippen LogP contribution in [0.5, 0.6) is 0 Å². The molecule has 1 N–H and O–H groups in total. The molecule has 1 aromatic carbocycles. The lowest BCUT2D eigenvalue weighted by Gasteiger charge is -2.40. The molecule has 1 atom stereocenters. The van der Waals surface area contributed by atoms with E-state index in [9.17, 15) is 9.90 Å². The van der Waals surface area contributed by atoms with Crippen molar-refractivity contribution in [1.29, 1.82) is 0 Å². The predicted molar refractivity (Wildman–Crippen MR) is 107 cm³/mol. The second-order valence-electron chi connectivity index (χ2n) is 8.34. The Hall–Kier alpha value is -1.43. The standard InChI is InChI=1S/C22H33N3O2/c26-21-19-10-4-5-11-20(19)22(27)25(21)13-7-6-12-23-14-16-24(17-15-23)18-8-2-1-3-9-18/h4-5,10-11,18,21,26H,1-3,6-9,12-17H2. The molecule has 1 saturated carbocycles. The number of aliphatic hydroxyl groups excluding tert-OH is 1. The van der Waals surface area contributed by atoms with Gasteiger partial charge in [-0.25, -0.2) is 0 Å². The van der Waals surface area contributed by atoms with Gasteiger partial charge in [0.2, 0.25) is 0 Å². The van der Waals surface area contributed by atoms with Crippen LogP contribution < -0.4 is 0 Å². The molecule has 4 rings (SSSR count). The summed E-state index contributed by atoms with van der Waals surface area (Å²) >= 11 is 0. The number of hydrogen-bond acceptors (Lipinski definition) is 4. The van der Waals surface area contributed by atoms with Crippen molar-refractivity contribution in [3.63, 3.8) is 0 Å². The molecule has 1 amide bonds. The molecule has 0 spiro atoms. The molecule has 5 heteroatoms. The van der Waals surface area contributed by atoms with Crippen LogP contribution in [-0.4, -0.2) is 71.0 Å². The van der Waals surface area contributed by atoms with E-state index in [1.165, 1.54) is 58.3 Å². The molecule has 3 aliphatic rings. The molecular weight excluding hydrogens is 338 g/mol. The molecule has 1 aromatic rings. The Bertz CT molecular complexity index is 636. The highest BCUT2D eigenvalue weighted by molar-refractivity contribution is 5.98. The van der Waals surface area contributed by atoms with E-state index in [0.717, 1.165) is 31.0 Å². The van der Waals surface area contributed by atoms with Crippen molar-refractivity contribution < 1.29 is 9.90 Å². The van der Waals surface area contributed by atoms with E-state index >= 15 is 0 Å². The van der Waals surface area contributed by atoms with Gasteiger partial charge in [0.25, 0.3) is 5.91 Å². The first-order valence-corrected chi connectivity index (χ1v) is 10.8. The van der Waals surface area contributed by atoms with E-state index in [4.69, 9.17) is 0 Å². The number of benzene rings is 1. The van der Waals surface area contributed by atoms with Gasteiger partial charge in [-0.3, -0.25) is 9.69 Å². The molecule has 2 fully saturated rings. The zero-order chi connectivity index (χ0) is 18.6. The Morgan fingerprint density at radius 3 is 2.37 bits per heavy atom. The molecule has 1 saturated heterocycles. The van der Waals surface area contributed by atoms with Gasteiger partial charge in [0.05, 0.1) is 0 Å². The summed E-state index contributed by atoms with van der Waals surface area (Å²) in [4.78, 5) is 19.3. The molecule has 1 aliphatic carbocycles. The molecule has 1 unspecified atom stereocenters. The van der Waals surface area contributed by atoms with Gasteiger partial charge in [-0.1, -0.05) is 37.5 Å². The summed E-state index contributed by atoms with van der Waals surface area (Å²) in [5.74, 6) is -0.0285. The van der Waals surface area contributed by atoms with Gasteiger partial charge in [-0.2, -0.15) is 0 Å². The molecule has 27 heavy (non-hydrogen) atoms. The van der Waals surface area contributed by atoms with Crippen molar-refractivity contribution in [1.82, 2.24) is 14.7 Å². The Labute approximate surface area is 162 Å². The number of amides is 1. The molecule has 148 valence electrons. The van der Waals surface area contributed by atoms with Crippen LogP contribution in [-0.2, 0) is 0 Å². The Balaban J connectivity index is 1.16. The fourth-order valence-corrected chi connectivity index (χ4v) is 4.99. The minimum absolute atomic E-state index is 0.0285. The van der Waals surface area contributed by atoms with Gasteiger partial charge in [-0.15, -0.1) is 0 Å². The van der Waals surface area contributed by atoms with Crippen molar-refractivity contribution in [2.24, 2.45) is 0 Å². The van der Waals surface area contributed by atoms with Crippen LogP contribution in [0.3, 0.4) is 0 Å². The van der Waals surface area contributed by atoms with Crippen molar-refractivity contribution >= 4 is 5.91 Å². The normalized spacial score (nSPS) is 25.1. The first-order chi connectivity index (χ1) is 13.2. The van der Waals surface area contributed by atoms with Gasteiger partial charge in [-0.05, 0) is 38.3 Å². The number of unbranched alkanes of at least 4 members (excludes halogenated alkanes) is 1. The van der Waals surface area contributed by atoms with Crippen molar-refractivity contribution in [3.8, 4) is 0 Å². The summed E-state index contributed by atoms with van der Waals surface area (Å²) in [5.41, 5.74) is 1.41. The maximum absolute atomic E-state index is 12.4. The number of rotatable bonds is 6. The number of aliphatic hydroxyl groups is 1. The van der Waals surface area contributed by atoms with E-state index in [2.05, 4.69) is 9.80 Å². The number of carbonyl (C=O) groups is 1. The number of nitrogens with zero attached hydrogens (tertiary/aromatic N) is 3. The molecule has 0 bridgehead atoms. The summed E-state index contributed by atoms with van der Waals surface area (Å²) in [6.45, 7) is 6.51. The second kappa shape index (κ2) is 8.72. The molecule has 2 aliphatic heterocycles. The third-order valence-corrected chi connectivity index (χ3v) is 6.65. The summed E-state index contributed by atoms with van der Waals surface area (Å²) in [7, 11) is 0. The lowest BCUT2D eigenvalue weighted by Crippen LogP contribution is -2.50. The van der Waals surface area contributed by atoms with Crippen molar-refractivity contribution in [2.75, 3.05) is 39.3 Å². The van der Waals surface area contributed by atoms with E-state index in [1.807, 2.05) is 24.3 Å². The summed E-state index contributed by atoms with van der Waals surface area (Å²) in [6, 6.07) is 8.24. The number of fused-ring (bicyclic) bond motifs is 1. The zero-order valence-electron chi connectivity index (χ0n) is 16.4. The minimum Gasteiger partial charge on any atom is -0.369 e. The van der Waals surface area contributed by atoms with Crippen LogP contribution in [0, 0.1) is 0 Å². The number of hydrogen-bond donors (Lipinski definition) is 1. The Morgan fingerprint density at radius 1 is 0.926 bits per heavy atom. The fourth-order valence-electron chi connectivity index (χ4n) is 4.99. The SMILES string of the molecule is O=C1c2ccccc2C(O)N1CCCCN1CCN(C2CCCCC2)CC1. The third-order valence-electron chi connectivity index (χ3n) is 6.65. The maximum Gasteiger partial charge on any atom is 0.256 e. The van der Waals surface area contributed by atoms with Crippen molar-refractivity contribution in [2.45, 2.75) is 57.2 Å². The smallest absolute Gasteiger partial charge is 0.256 e. The van der Waals surface area contributed by atoms with Crippen LogP contribution in [0.15, 0.2) is 24.3 Å². The van der Waals surface area contributed by atoms with Gasteiger partial charge in [0, 0.05) is 49.9 Å². The van der Waals surface area contributed by atoms with Gasteiger partial charge < -0.3 is 14.9 Å². The quantitative estimate of drug-likeness (QED) is 0.781. The highest BCUT2D eigenvalue weighted by Gasteiger charge is 2.34. The van der Waals surface area contributed by atoms with Crippen LogP contribution in [0.25, 0.3) is 0 Å². The first-order valence-electron chi connectivity index (χ1n) is 10.8. The highest BCUT2D eigenvalue weighted by atomic mass is 16.3. The highest BCUT2D eigenvalue weighted by Crippen LogP contribution is 2.31. The summed E-state index contributed by atoms with van der Waals surface area (Å²) in [6.07, 6.45) is 8.30. The average molecular weight is 372 g/mol. The third kappa shape index (κ3) is 4.20. The fraction of sp³-hybridized carbons (Fsp3) is 0.682. The van der Waals surface area contributed by atoms with Crippen LogP contribution in [0.2, 0.25) is 0 Å². The van der Waals surface area contributed by atoms with Gasteiger partial charge in [0.15, 0.2) is 6.23 Å². The van der Waals surface area contributed by atoms with E-state index in [0.29, 0.717) is 12.1 Å². The van der Waals surface area contributed by atoms with Crippen LogP contribution in [0.1, 0.15) is 67.1 Å². The maximum atomic E-state index is 12.4. The molecule has 0 radical (unpaired) electrons. The monoisotopic (exact) mass is 371 g/mol. The molecule has 5 nitrogen and oxygen atoms in total. The largest absolute Gasteiger partial charge is 0.369 e. The molecule has 0 aromatic heterocycles.